The van der Waals surface area contributed by atoms with Crippen LogP contribution in [0.25, 0.3) is 0 Å². The highest BCUT2D eigenvalue weighted by atomic mass is 16.6. The van der Waals surface area contributed by atoms with E-state index in [9.17, 15) is 19.5 Å². The highest BCUT2D eigenvalue weighted by molar-refractivity contribution is 5.72. The normalized spacial score (nSPS) is 13.1. The third-order valence-electron chi connectivity index (χ3n) is 9.41. The first kappa shape index (κ1) is 48.1. The number of likely N-dealkylation sites (N-methyl/N-ethyl adjacent to an activating group) is 1. The zero-order chi connectivity index (χ0) is 37.1. The number of quaternary nitrogens is 1. The number of aliphatic carboxylic acids is 1. The van der Waals surface area contributed by atoms with E-state index in [2.05, 4.69) is 26.0 Å². The van der Waals surface area contributed by atoms with Crippen LogP contribution in [0.5, 0.6) is 0 Å². The van der Waals surface area contributed by atoms with Crippen LogP contribution >= 0.6 is 0 Å². The number of rotatable bonds is 37. The molecule has 2 unspecified atom stereocenters. The van der Waals surface area contributed by atoms with Crippen LogP contribution in [0.2, 0.25) is 0 Å². The van der Waals surface area contributed by atoms with Gasteiger partial charge in [-0.15, -0.1) is 0 Å². The Labute approximate surface area is 308 Å². The minimum absolute atomic E-state index is 0.0515. The minimum Gasteiger partial charge on any atom is -0.477 e. The molecule has 0 aliphatic rings. The number of carboxylic acids is 1. The molecule has 0 amide bonds. The van der Waals surface area contributed by atoms with Crippen LogP contribution in [0.1, 0.15) is 187 Å². The van der Waals surface area contributed by atoms with Gasteiger partial charge in [0, 0.05) is 19.3 Å². The fraction of sp³-hybridized carbons (Fsp3) is 0.881. The molecule has 0 spiro atoms. The molecule has 0 fully saturated rings. The lowest BCUT2D eigenvalue weighted by Crippen LogP contribution is -2.50. The summed E-state index contributed by atoms with van der Waals surface area (Å²) in [6.45, 7) is 4.72. The van der Waals surface area contributed by atoms with E-state index in [4.69, 9.17) is 14.2 Å². The van der Waals surface area contributed by atoms with Gasteiger partial charge in [-0.3, -0.25) is 9.59 Å². The lowest BCUT2D eigenvalue weighted by Gasteiger charge is -2.31. The number of nitrogens with zero attached hydrogens (tertiary/aromatic N) is 1. The van der Waals surface area contributed by atoms with Gasteiger partial charge in [-0.2, -0.15) is 0 Å². The molecule has 0 radical (unpaired) electrons. The highest BCUT2D eigenvalue weighted by Crippen LogP contribution is 2.14. The quantitative estimate of drug-likeness (QED) is 0.0296. The molecular formula is C42H80NO7+. The summed E-state index contributed by atoms with van der Waals surface area (Å²) in [4.78, 5) is 36.8. The molecule has 50 heavy (non-hydrogen) atoms. The Morgan fingerprint density at radius 2 is 1.00 bits per heavy atom. The number of unbranched alkanes of at least 4 members (excludes halogenated alkanes) is 21. The minimum atomic E-state index is -0.875. The first-order valence-electron chi connectivity index (χ1n) is 20.7. The van der Waals surface area contributed by atoms with E-state index in [1.807, 2.05) is 21.1 Å². The van der Waals surface area contributed by atoms with E-state index in [0.717, 1.165) is 51.4 Å². The van der Waals surface area contributed by atoms with Crippen LogP contribution in [0, 0.1) is 0 Å². The number of carbonyl (C=O) groups is 3. The zero-order valence-corrected chi connectivity index (χ0v) is 33.4. The fourth-order valence-electron chi connectivity index (χ4n) is 6.14. The van der Waals surface area contributed by atoms with Gasteiger partial charge in [0.25, 0.3) is 0 Å². The summed E-state index contributed by atoms with van der Waals surface area (Å²) in [5.41, 5.74) is 0. The van der Waals surface area contributed by atoms with Crippen LogP contribution in [0.4, 0.5) is 0 Å². The van der Waals surface area contributed by atoms with Crippen molar-refractivity contribution in [1.29, 1.82) is 0 Å². The molecule has 2 atom stereocenters. The second kappa shape index (κ2) is 34.2. The standard InChI is InChI=1S/C42H79NO7/c1-6-8-10-12-14-16-18-20-22-24-26-28-30-32-40(44)49-37-38(36-48-35-34-39(42(46)47)43(3,4)5)50-41(45)33-31-29-27-25-23-21-19-17-15-13-11-9-7-2/h21,23,38-39H,6-20,22,24-37H2,1-5H3/p+1/b23-21+. The van der Waals surface area contributed by atoms with Crippen molar-refractivity contribution >= 4 is 17.9 Å². The van der Waals surface area contributed by atoms with Gasteiger partial charge >= 0.3 is 17.9 Å². The number of hydrogen-bond acceptors (Lipinski definition) is 6. The first-order chi connectivity index (χ1) is 24.1. The van der Waals surface area contributed by atoms with Crippen molar-refractivity contribution < 1.29 is 38.2 Å². The largest absolute Gasteiger partial charge is 0.477 e. The summed E-state index contributed by atoms with van der Waals surface area (Å²) < 4.78 is 17.2. The molecule has 0 aliphatic carbocycles. The maximum absolute atomic E-state index is 12.7. The average Bonchev–Trinajstić information content (AvgIpc) is 3.06. The van der Waals surface area contributed by atoms with E-state index < -0.39 is 18.1 Å². The molecule has 8 heteroatoms. The molecule has 0 saturated carbocycles. The Balaban J connectivity index is 4.39. The van der Waals surface area contributed by atoms with E-state index in [1.165, 1.54) is 103 Å². The molecular weight excluding hydrogens is 630 g/mol. The average molecular weight is 711 g/mol. The van der Waals surface area contributed by atoms with Crippen molar-refractivity contribution in [3.8, 4) is 0 Å². The van der Waals surface area contributed by atoms with Crippen LogP contribution in [0.3, 0.4) is 0 Å². The van der Waals surface area contributed by atoms with Crippen LogP contribution < -0.4 is 0 Å². The van der Waals surface area contributed by atoms with Crippen molar-refractivity contribution in [3.05, 3.63) is 12.2 Å². The smallest absolute Gasteiger partial charge is 0.362 e. The molecule has 1 N–H and O–H groups in total. The van der Waals surface area contributed by atoms with Crippen LogP contribution in [-0.4, -0.2) is 80.6 Å². The van der Waals surface area contributed by atoms with Crippen molar-refractivity contribution in [2.45, 2.75) is 199 Å². The summed E-state index contributed by atoms with van der Waals surface area (Å²) >= 11 is 0. The van der Waals surface area contributed by atoms with Crippen molar-refractivity contribution in [3.63, 3.8) is 0 Å². The summed E-state index contributed by atoms with van der Waals surface area (Å²) in [6, 6.07) is -0.612. The summed E-state index contributed by atoms with van der Waals surface area (Å²) in [5.74, 6) is -1.48. The lowest BCUT2D eigenvalue weighted by molar-refractivity contribution is -0.887. The molecule has 294 valence electrons. The van der Waals surface area contributed by atoms with Gasteiger partial charge in [0.1, 0.15) is 6.61 Å². The van der Waals surface area contributed by atoms with Gasteiger partial charge in [0.15, 0.2) is 12.1 Å². The summed E-state index contributed by atoms with van der Waals surface area (Å²) in [6.07, 6.45) is 33.9. The molecule has 0 aromatic rings. The SMILES string of the molecule is CCCCCCCC/C=C/CCCCCC(=O)OC(COCCC(C(=O)O)[N+](C)(C)C)COC(=O)CCCCCCCCCCCCCCC. The predicted octanol–water partition coefficient (Wildman–Crippen LogP) is 10.7. The Hall–Kier alpha value is -1.93. The van der Waals surface area contributed by atoms with E-state index in [-0.39, 0.29) is 36.2 Å². The topological polar surface area (TPSA) is 99.1 Å². The molecule has 0 saturated heterocycles. The van der Waals surface area contributed by atoms with Crippen LogP contribution in [0.15, 0.2) is 12.2 Å². The molecule has 0 heterocycles. The van der Waals surface area contributed by atoms with E-state index in [1.54, 1.807) is 0 Å². The summed E-state index contributed by atoms with van der Waals surface area (Å²) in [7, 11) is 5.52. The van der Waals surface area contributed by atoms with Gasteiger partial charge in [0.05, 0.1) is 34.4 Å². The third kappa shape index (κ3) is 32.0. The number of hydrogen-bond donors (Lipinski definition) is 1. The van der Waals surface area contributed by atoms with Gasteiger partial charge in [-0.25, -0.2) is 4.79 Å². The van der Waals surface area contributed by atoms with Gasteiger partial charge in [-0.1, -0.05) is 142 Å². The number of carboxylic acid groups (broad SMARTS) is 1. The second-order valence-electron chi connectivity index (χ2n) is 15.2. The monoisotopic (exact) mass is 711 g/mol. The van der Waals surface area contributed by atoms with E-state index >= 15 is 0 Å². The Morgan fingerprint density at radius 1 is 0.580 bits per heavy atom. The molecule has 0 aromatic heterocycles. The highest BCUT2D eigenvalue weighted by Gasteiger charge is 2.31. The van der Waals surface area contributed by atoms with Crippen molar-refractivity contribution in [2.75, 3.05) is 41.0 Å². The maximum Gasteiger partial charge on any atom is 0.362 e. The number of carbonyl (C=O) groups excluding carboxylic acids is 2. The van der Waals surface area contributed by atoms with Crippen LogP contribution in [-0.2, 0) is 28.6 Å². The van der Waals surface area contributed by atoms with Gasteiger partial charge in [-0.05, 0) is 38.5 Å². The Kier molecular flexibility index (Phi) is 32.9. The number of ether oxygens (including phenoxy) is 3. The maximum atomic E-state index is 12.7. The fourth-order valence-corrected chi connectivity index (χ4v) is 6.14. The molecule has 0 aliphatic heterocycles. The van der Waals surface area contributed by atoms with Crippen molar-refractivity contribution in [2.24, 2.45) is 0 Å². The number of esters is 2. The predicted molar refractivity (Wildman–Crippen MR) is 206 cm³/mol. The molecule has 0 rings (SSSR count). The van der Waals surface area contributed by atoms with E-state index in [0.29, 0.717) is 19.3 Å². The molecule has 0 bridgehead atoms. The first-order valence-corrected chi connectivity index (χ1v) is 20.7. The molecule has 0 aromatic carbocycles. The van der Waals surface area contributed by atoms with Gasteiger partial charge < -0.3 is 23.8 Å². The third-order valence-corrected chi connectivity index (χ3v) is 9.41. The molecule has 8 nitrogen and oxygen atoms in total. The van der Waals surface area contributed by atoms with Gasteiger partial charge in [0.2, 0.25) is 0 Å². The Morgan fingerprint density at radius 3 is 1.46 bits per heavy atom. The second-order valence-corrected chi connectivity index (χ2v) is 15.2. The summed E-state index contributed by atoms with van der Waals surface area (Å²) in [5, 5.41) is 9.59. The Bertz CT molecular complexity index is 838. The zero-order valence-electron chi connectivity index (χ0n) is 33.4. The number of allylic oxidation sites excluding steroid dienone is 2. The van der Waals surface area contributed by atoms with Crippen molar-refractivity contribution in [1.82, 2.24) is 0 Å². The lowest BCUT2D eigenvalue weighted by atomic mass is 10.0.